The lowest BCUT2D eigenvalue weighted by Gasteiger charge is -2.24. The second-order valence-corrected chi connectivity index (χ2v) is 9.05. The molecule has 0 amide bonds. The number of nitrogens with zero attached hydrogens (tertiary/aromatic N) is 2. The lowest BCUT2D eigenvalue weighted by Crippen LogP contribution is -2.28. The summed E-state index contributed by atoms with van der Waals surface area (Å²) in [6.07, 6.45) is 4.42. The average Bonchev–Trinajstić information content (AvgIpc) is 2.82. The lowest BCUT2D eigenvalue weighted by atomic mass is 9.97. The van der Waals surface area contributed by atoms with Gasteiger partial charge in [0.1, 0.15) is 17.4 Å². The van der Waals surface area contributed by atoms with E-state index >= 15 is 0 Å². The van der Waals surface area contributed by atoms with Gasteiger partial charge in [0.15, 0.2) is 0 Å². The first-order valence-electron chi connectivity index (χ1n) is 10.9. The van der Waals surface area contributed by atoms with Crippen molar-refractivity contribution in [1.29, 1.82) is 0 Å². The highest BCUT2D eigenvalue weighted by atomic mass is 32.2. The first-order chi connectivity index (χ1) is 15.3. The number of hydrogen-bond acceptors (Lipinski definition) is 5. The number of fused-ring (bicyclic) bond motifs is 3. The molecule has 160 valence electrons. The normalized spacial score (nSPS) is 17.6. The predicted octanol–water partition coefficient (Wildman–Crippen LogP) is 4.71. The summed E-state index contributed by atoms with van der Waals surface area (Å²) in [5.74, 6) is 1.66. The van der Waals surface area contributed by atoms with Crippen LogP contribution in [0.4, 0.5) is 0 Å². The van der Waals surface area contributed by atoms with Crippen LogP contribution in [-0.2, 0) is 23.5 Å². The van der Waals surface area contributed by atoms with Gasteiger partial charge in [0, 0.05) is 24.5 Å². The van der Waals surface area contributed by atoms with E-state index in [4.69, 9.17) is 9.47 Å². The zero-order valence-corrected chi connectivity index (χ0v) is 18.3. The molecular weight excluding hydrogens is 408 g/mol. The maximum Gasteiger partial charge on any atom is 0.349 e. The van der Waals surface area contributed by atoms with Gasteiger partial charge in [-0.3, -0.25) is 4.57 Å². The Morgan fingerprint density at radius 1 is 1.13 bits per heavy atom. The van der Waals surface area contributed by atoms with Crippen LogP contribution < -0.4 is 10.4 Å². The first-order valence-corrected chi connectivity index (χ1v) is 11.9. The summed E-state index contributed by atoms with van der Waals surface area (Å²) < 4.78 is 13.6. The maximum absolute atomic E-state index is 12.7. The Hall–Kier alpha value is -2.57. The highest BCUT2D eigenvalue weighted by Gasteiger charge is 2.20. The van der Waals surface area contributed by atoms with Crippen LogP contribution in [0.15, 0.2) is 64.4 Å². The Morgan fingerprint density at radius 3 is 2.87 bits per heavy atom. The van der Waals surface area contributed by atoms with E-state index in [1.165, 1.54) is 17.5 Å². The summed E-state index contributed by atoms with van der Waals surface area (Å²) in [5, 5.41) is 0.766. The lowest BCUT2D eigenvalue weighted by molar-refractivity contribution is -0.0110. The standard InChI is InChI=1S/C25H26N2O3S/c28-25-26-24(31-17-18-6-2-1-3-7-18)15-23-22-10-9-20(14-19(22)11-12-27(23)25)30-16-21-8-4-5-13-29-21/h1-3,6-7,9-10,14-15,21H,4-5,8,11-13,16-17H2. The molecule has 0 radical (unpaired) electrons. The topological polar surface area (TPSA) is 53.4 Å². The summed E-state index contributed by atoms with van der Waals surface area (Å²) >= 11 is 1.60. The van der Waals surface area contributed by atoms with E-state index in [0.29, 0.717) is 13.2 Å². The molecule has 6 heteroatoms. The van der Waals surface area contributed by atoms with Crippen LogP contribution in [0.5, 0.6) is 5.75 Å². The molecule has 0 N–H and O–H groups in total. The number of rotatable bonds is 6. The van der Waals surface area contributed by atoms with E-state index < -0.39 is 0 Å². The SMILES string of the molecule is O=c1nc(SCc2ccccc2)cc2n1CCc1cc(OCC3CCCCO3)ccc1-2. The molecule has 0 saturated carbocycles. The molecule has 1 aromatic heterocycles. The Kier molecular flexibility index (Phi) is 6.09. The van der Waals surface area contributed by atoms with E-state index in [-0.39, 0.29) is 11.8 Å². The fourth-order valence-electron chi connectivity index (χ4n) is 4.21. The van der Waals surface area contributed by atoms with Crippen molar-refractivity contribution in [2.24, 2.45) is 0 Å². The molecule has 1 fully saturated rings. The third kappa shape index (κ3) is 4.70. The van der Waals surface area contributed by atoms with Gasteiger partial charge in [-0.05, 0) is 61.1 Å². The van der Waals surface area contributed by atoms with Gasteiger partial charge in [0.05, 0.1) is 11.8 Å². The van der Waals surface area contributed by atoms with Crippen molar-refractivity contribution in [3.05, 3.63) is 76.2 Å². The van der Waals surface area contributed by atoms with Crippen LogP contribution in [-0.4, -0.2) is 28.9 Å². The zero-order valence-electron chi connectivity index (χ0n) is 17.5. The number of thioether (sulfide) groups is 1. The molecule has 2 aromatic carbocycles. The monoisotopic (exact) mass is 434 g/mol. The van der Waals surface area contributed by atoms with Crippen molar-refractivity contribution >= 4 is 11.8 Å². The molecule has 0 spiro atoms. The number of aryl methyl sites for hydroxylation is 1. The summed E-state index contributed by atoms with van der Waals surface area (Å²) in [5.41, 5.74) is 4.30. The summed E-state index contributed by atoms with van der Waals surface area (Å²) in [6.45, 7) is 2.08. The third-order valence-corrected chi connectivity index (χ3v) is 6.87. The van der Waals surface area contributed by atoms with Crippen LogP contribution in [0.2, 0.25) is 0 Å². The first kappa shape index (κ1) is 20.3. The van der Waals surface area contributed by atoms with Crippen molar-refractivity contribution in [1.82, 2.24) is 9.55 Å². The van der Waals surface area contributed by atoms with Gasteiger partial charge < -0.3 is 9.47 Å². The number of hydrogen-bond donors (Lipinski definition) is 0. The Labute approximate surface area is 186 Å². The molecule has 3 aromatic rings. The molecule has 1 atom stereocenters. The van der Waals surface area contributed by atoms with Gasteiger partial charge in [-0.1, -0.05) is 30.3 Å². The van der Waals surface area contributed by atoms with Gasteiger partial charge in [0.2, 0.25) is 0 Å². The Balaban J connectivity index is 1.34. The minimum atomic E-state index is -0.173. The Morgan fingerprint density at radius 2 is 2.03 bits per heavy atom. The van der Waals surface area contributed by atoms with Gasteiger partial charge in [0.25, 0.3) is 0 Å². The smallest absolute Gasteiger partial charge is 0.349 e. The van der Waals surface area contributed by atoms with E-state index in [1.54, 1.807) is 16.3 Å². The van der Waals surface area contributed by atoms with E-state index in [1.807, 2.05) is 30.3 Å². The summed E-state index contributed by atoms with van der Waals surface area (Å²) in [6, 6.07) is 18.5. The largest absolute Gasteiger partial charge is 0.491 e. The molecule has 0 bridgehead atoms. The molecule has 0 aliphatic carbocycles. The molecule has 2 aliphatic rings. The van der Waals surface area contributed by atoms with Crippen molar-refractivity contribution in [3.8, 4) is 17.0 Å². The minimum Gasteiger partial charge on any atom is -0.491 e. The number of aromatic nitrogens is 2. The summed E-state index contributed by atoms with van der Waals surface area (Å²) in [7, 11) is 0. The van der Waals surface area contributed by atoms with Crippen LogP contribution in [0.1, 0.15) is 30.4 Å². The third-order valence-electron chi connectivity index (χ3n) is 5.88. The van der Waals surface area contributed by atoms with Crippen LogP contribution in [0.25, 0.3) is 11.3 Å². The molecule has 1 saturated heterocycles. The second-order valence-electron chi connectivity index (χ2n) is 8.06. The van der Waals surface area contributed by atoms with Crippen molar-refractivity contribution < 1.29 is 9.47 Å². The molecule has 5 nitrogen and oxygen atoms in total. The fraction of sp³-hybridized carbons (Fsp3) is 0.360. The van der Waals surface area contributed by atoms with Gasteiger partial charge in [-0.25, -0.2) is 4.79 Å². The number of benzene rings is 2. The second kappa shape index (κ2) is 9.28. The van der Waals surface area contributed by atoms with E-state index in [0.717, 1.165) is 53.7 Å². The molecule has 5 rings (SSSR count). The van der Waals surface area contributed by atoms with Crippen LogP contribution >= 0.6 is 11.8 Å². The van der Waals surface area contributed by atoms with Crippen LogP contribution in [0, 0.1) is 0 Å². The minimum absolute atomic E-state index is 0.173. The highest BCUT2D eigenvalue weighted by molar-refractivity contribution is 7.98. The van der Waals surface area contributed by atoms with Crippen molar-refractivity contribution in [2.45, 2.75) is 49.1 Å². The fourth-order valence-corrected chi connectivity index (χ4v) is 5.05. The highest BCUT2D eigenvalue weighted by Crippen LogP contribution is 2.33. The predicted molar refractivity (Wildman–Crippen MR) is 123 cm³/mol. The Bertz CT molecular complexity index is 1110. The van der Waals surface area contributed by atoms with E-state index in [9.17, 15) is 4.79 Å². The van der Waals surface area contributed by atoms with Gasteiger partial charge >= 0.3 is 5.69 Å². The van der Waals surface area contributed by atoms with Gasteiger partial charge in [-0.2, -0.15) is 4.98 Å². The zero-order chi connectivity index (χ0) is 21.0. The van der Waals surface area contributed by atoms with E-state index in [2.05, 4.69) is 29.2 Å². The molecular formula is C25H26N2O3S. The average molecular weight is 435 g/mol. The summed E-state index contributed by atoms with van der Waals surface area (Å²) in [4.78, 5) is 17.0. The quantitative estimate of drug-likeness (QED) is 0.416. The molecule has 2 aliphatic heterocycles. The van der Waals surface area contributed by atoms with Crippen molar-refractivity contribution in [2.75, 3.05) is 13.2 Å². The molecule has 1 unspecified atom stereocenters. The number of ether oxygens (including phenoxy) is 2. The van der Waals surface area contributed by atoms with Gasteiger partial charge in [-0.15, -0.1) is 11.8 Å². The molecule has 3 heterocycles. The maximum atomic E-state index is 12.7. The van der Waals surface area contributed by atoms with Crippen LogP contribution in [0.3, 0.4) is 0 Å². The van der Waals surface area contributed by atoms with Crippen molar-refractivity contribution in [3.63, 3.8) is 0 Å². The molecule has 31 heavy (non-hydrogen) atoms.